The molecule has 1 N–H and O–H groups in total. The molecule has 2 rings (SSSR count). The van der Waals surface area contributed by atoms with Crippen LogP contribution >= 0.6 is 0 Å². The van der Waals surface area contributed by atoms with Gasteiger partial charge in [0.05, 0.1) is 0 Å². The van der Waals surface area contributed by atoms with E-state index >= 15 is 0 Å². The summed E-state index contributed by atoms with van der Waals surface area (Å²) < 4.78 is 0. The summed E-state index contributed by atoms with van der Waals surface area (Å²) in [6.07, 6.45) is 1.10. The minimum atomic E-state index is -0.119. The SMILES string of the molecule is CN(C)C(=O)c1ccc(N2CCCNCC2)nn1. The lowest BCUT2D eigenvalue weighted by molar-refractivity contribution is 0.0821. The van der Waals surface area contributed by atoms with Gasteiger partial charge in [-0.3, -0.25) is 4.79 Å². The summed E-state index contributed by atoms with van der Waals surface area (Å²) in [5, 5.41) is 11.5. The van der Waals surface area contributed by atoms with E-state index in [2.05, 4.69) is 20.4 Å². The topological polar surface area (TPSA) is 61.4 Å². The van der Waals surface area contributed by atoms with Crippen LogP contribution in [0.15, 0.2) is 12.1 Å². The maximum absolute atomic E-state index is 11.7. The van der Waals surface area contributed by atoms with Crippen molar-refractivity contribution in [2.24, 2.45) is 0 Å². The zero-order valence-corrected chi connectivity index (χ0v) is 10.9. The number of nitrogens with zero attached hydrogens (tertiary/aromatic N) is 4. The van der Waals surface area contributed by atoms with E-state index in [4.69, 9.17) is 0 Å². The van der Waals surface area contributed by atoms with Crippen molar-refractivity contribution in [1.82, 2.24) is 20.4 Å². The monoisotopic (exact) mass is 249 g/mol. The molecule has 1 aromatic rings. The Kier molecular flexibility index (Phi) is 4.09. The van der Waals surface area contributed by atoms with E-state index < -0.39 is 0 Å². The highest BCUT2D eigenvalue weighted by molar-refractivity contribution is 5.91. The third kappa shape index (κ3) is 2.95. The zero-order valence-electron chi connectivity index (χ0n) is 10.9. The summed E-state index contributed by atoms with van der Waals surface area (Å²) in [6, 6.07) is 3.61. The van der Waals surface area contributed by atoms with Gasteiger partial charge in [0.1, 0.15) is 0 Å². The van der Waals surface area contributed by atoms with Gasteiger partial charge >= 0.3 is 0 Å². The quantitative estimate of drug-likeness (QED) is 0.798. The predicted molar refractivity (Wildman–Crippen MR) is 69.7 cm³/mol. The standard InChI is InChI=1S/C12H19N5O/c1-16(2)12(18)10-4-5-11(15-14-10)17-8-3-6-13-7-9-17/h4-5,13H,3,6-9H2,1-2H3. The van der Waals surface area contributed by atoms with Crippen LogP contribution < -0.4 is 10.2 Å². The van der Waals surface area contributed by atoms with Crippen LogP contribution in [0.5, 0.6) is 0 Å². The Hall–Kier alpha value is -1.69. The molecule has 1 aromatic heterocycles. The van der Waals surface area contributed by atoms with Crippen LogP contribution in [-0.4, -0.2) is 61.3 Å². The number of carbonyl (C=O) groups is 1. The Morgan fingerprint density at radius 3 is 2.78 bits per heavy atom. The van der Waals surface area contributed by atoms with Crippen LogP contribution in [0.1, 0.15) is 16.9 Å². The van der Waals surface area contributed by atoms with Crippen molar-refractivity contribution in [3.8, 4) is 0 Å². The number of hydrogen-bond acceptors (Lipinski definition) is 5. The first-order valence-electron chi connectivity index (χ1n) is 6.19. The molecular weight excluding hydrogens is 230 g/mol. The molecular formula is C12H19N5O. The van der Waals surface area contributed by atoms with Gasteiger partial charge in [-0.25, -0.2) is 0 Å². The molecule has 0 bridgehead atoms. The molecule has 1 saturated heterocycles. The summed E-state index contributed by atoms with van der Waals surface area (Å²) in [4.78, 5) is 15.4. The summed E-state index contributed by atoms with van der Waals surface area (Å²) >= 11 is 0. The van der Waals surface area contributed by atoms with Crippen LogP contribution in [0.3, 0.4) is 0 Å². The second-order valence-corrected chi connectivity index (χ2v) is 4.57. The molecule has 6 nitrogen and oxygen atoms in total. The summed E-state index contributed by atoms with van der Waals surface area (Å²) in [5.41, 5.74) is 0.386. The van der Waals surface area contributed by atoms with Crippen molar-refractivity contribution in [2.45, 2.75) is 6.42 Å². The molecule has 0 atom stereocenters. The molecule has 0 spiro atoms. The minimum absolute atomic E-state index is 0.119. The van der Waals surface area contributed by atoms with Crippen LogP contribution in [0.25, 0.3) is 0 Å². The third-order valence-corrected chi connectivity index (χ3v) is 2.94. The predicted octanol–water partition coefficient (Wildman–Crippen LogP) is -0.0219. The summed E-state index contributed by atoms with van der Waals surface area (Å²) in [5.74, 6) is 0.723. The van der Waals surface area contributed by atoms with Gasteiger partial charge in [0.2, 0.25) is 0 Å². The average molecular weight is 249 g/mol. The van der Waals surface area contributed by atoms with Crippen molar-refractivity contribution in [2.75, 3.05) is 45.2 Å². The van der Waals surface area contributed by atoms with Crippen molar-refractivity contribution in [1.29, 1.82) is 0 Å². The fraction of sp³-hybridized carbons (Fsp3) is 0.583. The van der Waals surface area contributed by atoms with E-state index in [0.717, 1.165) is 38.4 Å². The molecule has 1 aliphatic heterocycles. The van der Waals surface area contributed by atoms with E-state index in [-0.39, 0.29) is 5.91 Å². The Labute approximate surface area is 107 Å². The van der Waals surface area contributed by atoms with Gasteiger partial charge in [0.15, 0.2) is 11.5 Å². The molecule has 98 valence electrons. The van der Waals surface area contributed by atoms with Crippen LogP contribution in [0.2, 0.25) is 0 Å². The highest BCUT2D eigenvalue weighted by Crippen LogP contribution is 2.11. The highest BCUT2D eigenvalue weighted by Gasteiger charge is 2.14. The van der Waals surface area contributed by atoms with Crippen molar-refractivity contribution < 1.29 is 4.79 Å². The molecule has 18 heavy (non-hydrogen) atoms. The number of amides is 1. The Morgan fingerprint density at radius 1 is 1.28 bits per heavy atom. The summed E-state index contributed by atoms with van der Waals surface area (Å²) in [6.45, 7) is 3.90. The van der Waals surface area contributed by atoms with E-state index in [1.807, 2.05) is 6.07 Å². The maximum Gasteiger partial charge on any atom is 0.273 e. The van der Waals surface area contributed by atoms with E-state index in [1.54, 1.807) is 20.2 Å². The van der Waals surface area contributed by atoms with Gasteiger partial charge in [-0.05, 0) is 25.1 Å². The fourth-order valence-corrected chi connectivity index (χ4v) is 1.91. The zero-order chi connectivity index (χ0) is 13.0. The normalized spacial score (nSPS) is 16.2. The highest BCUT2D eigenvalue weighted by atomic mass is 16.2. The molecule has 0 aromatic carbocycles. The second kappa shape index (κ2) is 5.77. The first-order chi connectivity index (χ1) is 8.68. The lowest BCUT2D eigenvalue weighted by atomic mass is 10.3. The number of carbonyl (C=O) groups excluding carboxylic acids is 1. The largest absolute Gasteiger partial charge is 0.354 e. The van der Waals surface area contributed by atoms with E-state index in [1.165, 1.54) is 4.90 Å². The molecule has 0 radical (unpaired) electrons. The Morgan fingerprint density at radius 2 is 2.11 bits per heavy atom. The molecule has 6 heteroatoms. The number of nitrogens with one attached hydrogen (secondary N) is 1. The average Bonchev–Trinajstić information content (AvgIpc) is 2.67. The van der Waals surface area contributed by atoms with Gasteiger partial charge in [-0.15, -0.1) is 10.2 Å². The van der Waals surface area contributed by atoms with Crippen LogP contribution in [0, 0.1) is 0 Å². The van der Waals surface area contributed by atoms with Gasteiger partial charge in [-0.2, -0.15) is 0 Å². The van der Waals surface area contributed by atoms with Gasteiger partial charge in [0.25, 0.3) is 5.91 Å². The molecule has 0 saturated carbocycles. The molecule has 0 aliphatic carbocycles. The first kappa shape index (κ1) is 12.8. The second-order valence-electron chi connectivity index (χ2n) is 4.57. The fourth-order valence-electron chi connectivity index (χ4n) is 1.91. The molecule has 1 fully saturated rings. The third-order valence-electron chi connectivity index (χ3n) is 2.94. The summed E-state index contributed by atoms with van der Waals surface area (Å²) in [7, 11) is 3.41. The number of hydrogen-bond donors (Lipinski definition) is 1. The lowest BCUT2D eigenvalue weighted by Gasteiger charge is -2.20. The van der Waals surface area contributed by atoms with Crippen molar-refractivity contribution in [3.63, 3.8) is 0 Å². The van der Waals surface area contributed by atoms with E-state index in [0.29, 0.717) is 5.69 Å². The Bertz CT molecular complexity index is 395. The van der Waals surface area contributed by atoms with Crippen molar-refractivity contribution >= 4 is 11.7 Å². The number of anilines is 1. The number of aromatic nitrogens is 2. The molecule has 1 aliphatic rings. The maximum atomic E-state index is 11.7. The van der Waals surface area contributed by atoms with Crippen LogP contribution in [0.4, 0.5) is 5.82 Å². The molecule has 0 unspecified atom stereocenters. The van der Waals surface area contributed by atoms with Crippen molar-refractivity contribution in [3.05, 3.63) is 17.8 Å². The van der Waals surface area contributed by atoms with E-state index in [9.17, 15) is 4.79 Å². The molecule has 2 heterocycles. The van der Waals surface area contributed by atoms with Crippen LogP contribution in [-0.2, 0) is 0 Å². The lowest BCUT2D eigenvalue weighted by Crippen LogP contribution is -2.29. The minimum Gasteiger partial charge on any atom is -0.354 e. The van der Waals surface area contributed by atoms with Gasteiger partial charge in [-0.1, -0.05) is 0 Å². The smallest absolute Gasteiger partial charge is 0.273 e. The Balaban J connectivity index is 2.09. The molecule has 1 amide bonds. The van der Waals surface area contributed by atoms with Gasteiger partial charge < -0.3 is 15.1 Å². The first-order valence-corrected chi connectivity index (χ1v) is 6.19. The van der Waals surface area contributed by atoms with Gasteiger partial charge in [0, 0.05) is 33.7 Å². The number of rotatable bonds is 2.